The normalized spacial score (nSPS) is 16.6. The standard InChI is InChI=1S/C20H19N3O3S/c24-19(25)14-9-7-13(8-10-14)12-21-20(26)23-11-3-5-16(23)18-22-15-4-1-2-6-17(15)27-18/h1-2,4,6-10,16H,3,5,11-12H2,(H,21,26)(H,24,25). The maximum Gasteiger partial charge on any atom is 0.335 e. The summed E-state index contributed by atoms with van der Waals surface area (Å²) < 4.78 is 1.14. The quantitative estimate of drug-likeness (QED) is 0.714. The summed E-state index contributed by atoms with van der Waals surface area (Å²) >= 11 is 1.65. The van der Waals surface area contributed by atoms with Gasteiger partial charge in [-0.05, 0) is 42.7 Å². The number of carboxylic acid groups (broad SMARTS) is 1. The summed E-state index contributed by atoms with van der Waals surface area (Å²) in [4.78, 5) is 30.2. The smallest absolute Gasteiger partial charge is 0.335 e. The molecule has 2 amide bonds. The molecule has 1 saturated heterocycles. The average molecular weight is 381 g/mol. The molecule has 1 fully saturated rings. The van der Waals surface area contributed by atoms with Crippen LogP contribution in [0.15, 0.2) is 48.5 Å². The van der Waals surface area contributed by atoms with E-state index in [1.54, 1.807) is 35.6 Å². The molecule has 4 rings (SSSR count). The minimum atomic E-state index is -0.957. The van der Waals surface area contributed by atoms with Crippen LogP contribution < -0.4 is 5.32 Å². The van der Waals surface area contributed by atoms with Crippen LogP contribution in [0.25, 0.3) is 10.2 Å². The van der Waals surface area contributed by atoms with E-state index in [4.69, 9.17) is 10.1 Å². The molecule has 3 aromatic rings. The minimum absolute atomic E-state index is 0.0109. The van der Waals surface area contributed by atoms with Crippen LogP contribution in [0.4, 0.5) is 4.79 Å². The van der Waals surface area contributed by atoms with Gasteiger partial charge in [0.25, 0.3) is 0 Å². The van der Waals surface area contributed by atoms with Crippen LogP contribution in [0.1, 0.15) is 39.8 Å². The van der Waals surface area contributed by atoms with Gasteiger partial charge in [0.05, 0.1) is 21.8 Å². The zero-order valence-corrected chi connectivity index (χ0v) is 15.4. The van der Waals surface area contributed by atoms with Crippen molar-refractivity contribution in [1.29, 1.82) is 0 Å². The molecule has 2 N–H and O–H groups in total. The monoisotopic (exact) mass is 381 g/mol. The van der Waals surface area contributed by atoms with E-state index in [-0.39, 0.29) is 17.6 Å². The van der Waals surface area contributed by atoms with Gasteiger partial charge in [0.15, 0.2) is 0 Å². The number of aromatic nitrogens is 1. The van der Waals surface area contributed by atoms with Gasteiger partial charge < -0.3 is 15.3 Å². The van der Waals surface area contributed by atoms with Crippen LogP contribution >= 0.6 is 11.3 Å². The minimum Gasteiger partial charge on any atom is -0.478 e. The molecule has 1 aliphatic rings. The average Bonchev–Trinajstić information content (AvgIpc) is 3.32. The van der Waals surface area contributed by atoms with Gasteiger partial charge in [-0.15, -0.1) is 11.3 Å². The van der Waals surface area contributed by atoms with E-state index < -0.39 is 5.97 Å². The lowest BCUT2D eigenvalue weighted by Gasteiger charge is -2.23. The number of carbonyl (C=O) groups excluding carboxylic acids is 1. The van der Waals surface area contributed by atoms with E-state index in [1.165, 1.54) is 0 Å². The number of rotatable bonds is 4. The molecule has 0 saturated carbocycles. The Morgan fingerprint density at radius 2 is 1.96 bits per heavy atom. The molecule has 138 valence electrons. The predicted molar refractivity (Wildman–Crippen MR) is 104 cm³/mol. The molecule has 2 heterocycles. The van der Waals surface area contributed by atoms with E-state index in [9.17, 15) is 9.59 Å². The second-order valence-corrected chi connectivity index (χ2v) is 7.59. The zero-order chi connectivity index (χ0) is 18.8. The molecular formula is C20H19N3O3S. The van der Waals surface area contributed by atoms with Gasteiger partial charge >= 0.3 is 12.0 Å². The highest BCUT2D eigenvalue weighted by Gasteiger charge is 2.32. The first-order valence-corrected chi connectivity index (χ1v) is 9.65. The number of para-hydroxylation sites is 1. The second-order valence-electron chi connectivity index (χ2n) is 6.53. The molecular weight excluding hydrogens is 362 g/mol. The summed E-state index contributed by atoms with van der Waals surface area (Å²) in [5, 5.41) is 12.9. The van der Waals surface area contributed by atoms with Crippen molar-refractivity contribution in [2.75, 3.05) is 6.54 Å². The fourth-order valence-corrected chi connectivity index (χ4v) is 4.46. The van der Waals surface area contributed by atoms with Crippen LogP contribution in [0.5, 0.6) is 0 Å². The van der Waals surface area contributed by atoms with Crippen molar-refractivity contribution in [3.05, 3.63) is 64.7 Å². The Bertz CT molecular complexity index is 951. The van der Waals surface area contributed by atoms with Crippen LogP contribution in [0.2, 0.25) is 0 Å². The fraction of sp³-hybridized carbons (Fsp3) is 0.250. The van der Waals surface area contributed by atoms with Gasteiger partial charge in [-0.25, -0.2) is 14.6 Å². The number of hydrogen-bond donors (Lipinski definition) is 2. The molecule has 2 aromatic carbocycles. The number of aromatic carboxylic acids is 1. The number of carboxylic acids is 1. The van der Waals surface area contributed by atoms with Gasteiger partial charge in [-0.2, -0.15) is 0 Å². The van der Waals surface area contributed by atoms with Crippen molar-refractivity contribution in [3.63, 3.8) is 0 Å². The lowest BCUT2D eigenvalue weighted by atomic mass is 10.1. The Morgan fingerprint density at radius 1 is 1.19 bits per heavy atom. The van der Waals surface area contributed by atoms with Gasteiger partial charge in [0.2, 0.25) is 0 Å². The van der Waals surface area contributed by atoms with Crippen LogP contribution in [0, 0.1) is 0 Å². The predicted octanol–water partition coefficient (Wildman–Crippen LogP) is 4.04. The largest absolute Gasteiger partial charge is 0.478 e. The third-order valence-electron chi connectivity index (χ3n) is 4.75. The lowest BCUT2D eigenvalue weighted by molar-refractivity contribution is 0.0697. The van der Waals surface area contributed by atoms with Gasteiger partial charge in [0, 0.05) is 13.1 Å². The van der Waals surface area contributed by atoms with Crippen molar-refractivity contribution in [3.8, 4) is 0 Å². The molecule has 7 heteroatoms. The van der Waals surface area contributed by atoms with Gasteiger partial charge in [0.1, 0.15) is 5.01 Å². The van der Waals surface area contributed by atoms with Crippen molar-refractivity contribution < 1.29 is 14.7 Å². The highest BCUT2D eigenvalue weighted by atomic mass is 32.1. The van der Waals surface area contributed by atoms with E-state index >= 15 is 0 Å². The molecule has 0 radical (unpaired) electrons. The number of fused-ring (bicyclic) bond motifs is 1. The molecule has 1 atom stereocenters. The number of carbonyl (C=O) groups is 2. The Morgan fingerprint density at radius 3 is 2.70 bits per heavy atom. The molecule has 1 aromatic heterocycles. The van der Waals surface area contributed by atoms with E-state index in [2.05, 4.69) is 11.4 Å². The fourth-order valence-electron chi connectivity index (χ4n) is 3.34. The molecule has 6 nitrogen and oxygen atoms in total. The number of nitrogens with one attached hydrogen (secondary N) is 1. The van der Waals surface area contributed by atoms with Crippen LogP contribution in [0.3, 0.4) is 0 Å². The zero-order valence-electron chi connectivity index (χ0n) is 14.6. The highest BCUT2D eigenvalue weighted by Crippen LogP contribution is 2.36. The molecule has 0 bridgehead atoms. The maximum atomic E-state index is 12.7. The maximum absolute atomic E-state index is 12.7. The number of benzene rings is 2. The third-order valence-corrected chi connectivity index (χ3v) is 5.89. The summed E-state index contributed by atoms with van der Waals surface area (Å²) in [5.41, 5.74) is 2.08. The van der Waals surface area contributed by atoms with Gasteiger partial charge in [-0.3, -0.25) is 0 Å². The Kier molecular flexibility index (Phi) is 4.77. The number of likely N-dealkylation sites (tertiary alicyclic amines) is 1. The third kappa shape index (κ3) is 3.64. The van der Waals surface area contributed by atoms with Crippen molar-refractivity contribution in [2.45, 2.75) is 25.4 Å². The number of nitrogens with zero attached hydrogens (tertiary/aromatic N) is 2. The Labute approximate surface area is 160 Å². The number of amides is 2. The summed E-state index contributed by atoms with van der Waals surface area (Å²) in [6.07, 6.45) is 1.88. The summed E-state index contributed by atoms with van der Waals surface area (Å²) in [6, 6.07) is 14.5. The Hall–Kier alpha value is -2.93. The summed E-state index contributed by atoms with van der Waals surface area (Å²) in [5.74, 6) is -0.957. The SMILES string of the molecule is O=C(O)c1ccc(CNC(=O)N2CCCC2c2nc3ccccc3s2)cc1. The summed E-state index contributed by atoms with van der Waals surface area (Å²) in [7, 11) is 0. The second kappa shape index (κ2) is 7.36. The first-order chi connectivity index (χ1) is 13.1. The number of hydrogen-bond acceptors (Lipinski definition) is 4. The van der Waals surface area contributed by atoms with Crippen LogP contribution in [-0.4, -0.2) is 33.5 Å². The lowest BCUT2D eigenvalue weighted by Crippen LogP contribution is -2.39. The molecule has 0 spiro atoms. The Balaban J connectivity index is 1.43. The summed E-state index contributed by atoms with van der Waals surface area (Å²) in [6.45, 7) is 1.08. The first-order valence-electron chi connectivity index (χ1n) is 8.84. The molecule has 0 aliphatic carbocycles. The van der Waals surface area contributed by atoms with Gasteiger partial charge in [-0.1, -0.05) is 24.3 Å². The molecule has 27 heavy (non-hydrogen) atoms. The van der Waals surface area contributed by atoms with Crippen molar-refractivity contribution in [2.24, 2.45) is 0 Å². The van der Waals surface area contributed by atoms with Crippen molar-refractivity contribution >= 4 is 33.6 Å². The first kappa shape index (κ1) is 17.5. The van der Waals surface area contributed by atoms with Crippen molar-refractivity contribution in [1.82, 2.24) is 15.2 Å². The molecule has 1 aliphatic heterocycles. The van der Waals surface area contributed by atoms with Crippen LogP contribution in [-0.2, 0) is 6.54 Å². The highest BCUT2D eigenvalue weighted by molar-refractivity contribution is 7.18. The number of urea groups is 1. The van der Waals surface area contributed by atoms with E-state index in [1.807, 2.05) is 23.1 Å². The van der Waals surface area contributed by atoms with E-state index in [0.29, 0.717) is 13.1 Å². The molecule has 1 unspecified atom stereocenters. The number of thiazole rings is 1. The topological polar surface area (TPSA) is 82.5 Å². The van der Waals surface area contributed by atoms with E-state index in [0.717, 1.165) is 33.6 Å².